The molecule has 0 unspecified atom stereocenters. The summed E-state index contributed by atoms with van der Waals surface area (Å²) in [7, 11) is 0. The summed E-state index contributed by atoms with van der Waals surface area (Å²) in [5.74, 6) is 0.0411. The first-order chi connectivity index (χ1) is 13.3. The van der Waals surface area contributed by atoms with E-state index in [-0.39, 0.29) is 23.6 Å². The van der Waals surface area contributed by atoms with Crippen LogP contribution in [0, 0.1) is 13.8 Å². The number of benzene rings is 2. The van der Waals surface area contributed by atoms with Gasteiger partial charge in [-0.3, -0.25) is 14.5 Å². The molecule has 5 nitrogen and oxygen atoms in total. The highest BCUT2D eigenvalue weighted by molar-refractivity contribution is 6.36. The zero-order valence-electron chi connectivity index (χ0n) is 17.0. The highest BCUT2D eigenvalue weighted by atomic mass is 16.5. The predicted molar refractivity (Wildman–Crippen MR) is 111 cm³/mol. The monoisotopic (exact) mass is 378 g/mol. The summed E-state index contributed by atoms with van der Waals surface area (Å²) in [5.41, 5.74) is 4.29. The molecular formula is C23H26N2O3. The molecule has 0 aromatic heterocycles. The predicted octanol–water partition coefficient (Wildman–Crippen LogP) is 4.30. The quantitative estimate of drug-likeness (QED) is 0.762. The van der Waals surface area contributed by atoms with E-state index in [0.29, 0.717) is 23.6 Å². The third-order valence-corrected chi connectivity index (χ3v) is 4.87. The van der Waals surface area contributed by atoms with E-state index in [9.17, 15) is 9.59 Å². The summed E-state index contributed by atoms with van der Waals surface area (Å²) in [5, 5.41) is 3.18. The van der Waals surface area contributed by atoms with E-state index in [4.69, 9.17) is 4.74 Å². The van der Waals surface area contributed by atoms with E-state index < -0.39 is 0 Å². The lowest BCUT2D eigenvalue weighted by Gasteiger charge is -2.19. The lowest BCUT2D eigenvalue weighted by atomic mass is 9.99. The van der Waals surface area contributed by atoms with Crippen molar-refractivity contribution in [1.29, 1.82) is 0 Å². The number of nitrogens with zero attached hydrogens (tertiary/aromatic N) is 1. The minimum absolute atomic E-state index is 0.233. The van der Waals surface area contributed by atoms with Gasteiger partial charge in [-0.1, -0.05) is 30.3 Å². The van der Waals surface area contributed by atoms with Crippen molar-refractivity contribution >= 4 is 23.1 Å². The van der Waals surface area contributed by atoms with Crippen molar-refractivity contribution in [3.05, 3.63) is 64.9 Å². The summed E-state index contributed by atoms with van der Waals surface area (Å²) < 4.78 is 5.66. The number of para-hydroxylation sites is 2. The summed E-state index contributed by atoms with van der Waals surface area (Å²) in [6.45, 7) is 10.1. The molecular weight excluding hydrogens is 352 g/mol. The first kappa shape index (κ1) is 19.7. The van der Waals surface area contributed by atoms with Crippen molar-refractivity contribution in [2.75, 3.05) is 11.9 Å². The van der Waals surface area contributed by atoms with E-state index in [0.717, 1.165) is 16.7 Å². The summed E-state index contributed by atoms with van der Waals surface area (Å²) in [6, 6.07) is 13.0. The van der Waals surface area contributed by atoms with Gasteiger partial charge in [0.25, 0.3) is 11.8 Å². The molecule has 0 aliphatic carbocycles. The van der Waals surface area contributed by atoms with Crippen molar-refractivity contribution < 1.29 is 14.3 Å². The summed E-state index contributed by atoms with van der Waals surface area (Å²) >= 11 is 0. The summed E-state index contributed by atoms with van der Waals surface area (Å²) in [4.78, 5) is 27.6. The fourth-order valence-corrected chi connectivity index (χ4v) is 3.28. The van der Waals surface area contributed by atoms with Crippen LogP contribution in [0.2, 0.25) is 0 Å². The molecule has 28 heavy (non-hydrogen) atoms. The first-order valence-corrected chi connectivity index (χ1v) is 9.53. The Balaban J connectivity index is 2.14. The Morgan fingerprint density at radius 2 is 1.71 bits per heavy atom. The number of carbonyl (C=O) groups excluding carboxylic acids is 2. The fraction of sp³-hybridized carbons (Fsp3) is 0.304. The number of nitrogens with one attached hydrogen (secondary N) is 1. The molecule has 146 valence electrons. The largest absolute Gasteiger partial charge is 0.492 e. The number of amides is 2. The number of carbonyl (C=O) groups is 2. The van der Waals surface area contributed by atoms with Crippen LogP contribution < -0.4 is 10.1 Å². The maximum absolute atomic E-state index is 13.1. The second-order valence-corrected chi connectivity index (χ2v) is 7.18. The van der Waals surface area contributed by atoms with Crippen LogP contribution in [-0.2, 0) is 9.59 Å². The molecule has 0 bridgehead atoms. The van der Waals surface area contributed by atoms with Crippen LogP contribution >= 0.6 is 0 Å². The maximum Gasteiger partial charge on any atom is 0.278 e. The van der Waals surface area contributed by atoms with Gasteiger partial charge in [-0.15, -0.1) is 0 Å². The zero-order chi connectivity index (χ0) is 20.4. The Bertz CT molecular complexity index is 960. The highest BCUT2D eigenvalue weighted by Crippen LogP contribution is 2.34. The third-order valence-electron chi connectivity index (χ3n) is 4.87. The molecule has 3 rings (SSSR count). The average Bonchev–Trinajstić information content (AvgIpc) is 2.89. The molecule has 1 aliphatic rings. The van der Waals surface area contributed by atoms with Gasteiger partial charge >= 0.3 is 0 Å². The number of aryl methyl sites for hydroxylation is 2. The molecule has 1 heterocycles. The number of anilines is 1. The topological polar surface area (TPSA) is 58.6 Å². The van der Waals surface area contributed by atoms with Crippen LogP contribution in [0.5, 0.6) is 5.75 Å². The van der Waals surface area contributed by atoms with Crippen LogP contribution in [-0.4, -0.2) is 29.4 Å². The van der Waals surface area contributed by atoms with E-state index in [1.807, 2.05) is 77.1 Å². The minimum Gasteiger partial charge on any atom is -0.492 e. The number of ether oxygens (including phenoxy) is 1. The lowest BCUT2D eigenvalue weighted by molar-refractivity contribution is -0.138. The van der Waals surface area contributed by atoms with Crippen molar-refractivity contribution in [3.63, 3.8) is 0 Å². The molecule has 0 atom stereocenters. The zero-order valence-corrected chi connectivity index (χ0v) is 17.0. The first-order valence-electron chi connectivity index (χ1n) is 9.53. The molecule has 0 spiro atoms. The summed E-state index contributed by atoms with van der Waals surface area (Å²) in [6.07, 6.45) is 0. The molecule has 5 heteroatoms. The Morgan fingerprint density at radius 1 is 1.00 bits per heavy atom. The molecule has 1 N–H and O–H groups in total. The Hall–Kier alpha value is -3.08. The molecule has 0 saturated heterocycles. The molecule has 2 aromatic rings. The van der Waals surface area contributed by atoms with Crippen LogP contribution in [0.4, 0.5) is 5.69 Å². The van der Waals surface area contributed by atoms with Gasteiger partial charge in [0, 0.05) is 6.04 Å². The smallest absolute Gasteiger partial charge is 0.278 e. The lowest BCUT2D eigenvalue weighted by Crippen LogP contribution is -2.38. The molecule has 0 saturated carbocycles. The van der Waals surface area contributed by atoms with Gasteiger partial charge < -0.3 is 10.1 Å². The molecule has 2 aromatic carbocycles. The van der Waals surface area contributed by atoms with Crippen molar-refractivity contribution in [2.24, 2.45) is 0 Å². The average molecular weight is 378 g/mol. The van der Waals surface area contributed by atoms with Crippen molar-refractivity contribution in [1.82, 2.24) is 4.90 Å². The normalized spacial score (nSPS) is 14.3. The molecule has 0 radical (unpaired) electrons. The third kappa shape index (κ3) is 3.52. The Labute approximate surface area is 166 Å². The van der Waals surface area contributed by atoms with E-state index in [1.54, 1.807) is 0 Å². The minimum atomic E-state index is -0.320. The van der Waals surface area contributed by atoms with Gasteiger partial charge in [-0.25, -0.2) is 0 Å². The standard InChI is InChI=1S/C23H26N2O3/c1-6-28-19-10-8-7-9-18(19)24-21-20(17-12-11-15(4)16(5)13-17)22(26)25(14(2)3)23(21)27/h7-14,24H,6H2,1-5H3. The van der Waals surface area contributed by atoms with Gasteiger partial charge in [0.05, 0.1) is 17.9 Å². The second-order valence-electron chi connectivity index (χ2n) is 7.18. The van der Waals surface area contributed by atoms with Gasteiger partial charge in [0.15, 0.2) is 0 Å². The Kier molecular flexibility index (Phi) is 5.54. The Morgan fingerprint density at radius 3 is 2.36 bits per heavy atom. The van der Waals surface area contributed by atoms with Gasteiger partial charge in [-0.05, 0) is 63.4 Å². The maximum atomic E-state index is 13.1. The van der Waals surface area contributed by atoms with Crippen LogP contribution in [0.25, 0.3) is 5.57 Å². The second kappa shape index (κ2) is 7.89. The number of hydrogen-bond acceptors (Lipinski definition) is 4. The van der Waals surface area contributed by atoms with Gasteiger partial charge in [-0.2, -0.15) is 0 Å². The molecule has 0 fully saturated rings. The SMILES string of the molecule is CCOc1ccccc1NC1=C(c2ccc(C)c(C)c2)C(=O)N(C(C)C)C1=O. The fourth-order valence-electron chi connectivity index (χ4n) is 3.28. The highest BCUT2D eigenvalue weighted by Gasteiger charge is 2.40. The van der Waals surface area contributed by atoms with Crippen molar-refractivity contribution in [3.8, 4) is 5.75 Å². The number of hydrogen-bond donors (Lipinski definition) is 1. The van der Waals surface area contributed by atoms with Crippen LogP contribution in [0.15, 0.2) is 48.2 Å². The van der Waals surface area contributed by atoms with Gasteiger partial charge in [0.2, 0.25) is 0 Å². The van der Waals surface area contributed by atoms with E-state index in [2.05, 4.69) is 5.32 Å². The molecule has 2 amide bonds. The molecule has 1 aliphatic heterocycles. The number of imide groups is 1. The van der Waals surface area contributed by atoms with Crippen LogP contribution in [0.1, 0.15) is 37.5 Å². The van der Waals surface area contributed by atoms with E-state index >= 15 is 0 Å². The van der Waals surface area contributed by atoms with Crippen LogP contribution in [0.3, 0.4) is 0 Å². The van der Waals surface area contributed by atoms with E-state index in [1.165, 1.54) is 4.90 Å². The van der Waals surface area contributed by atoms with Gasteiger partial charge in [0.1, 0.15) is 11.4 Å². The number of rotatable bonds is 6. The van der Waals surface area contributed by atoms with Crippen molar-refractivity contribution in [2.45, 2.75) is 40.7 Å².